The van der Waals surface area contributed by atoms with E-state index in [-0.39, 0.29) is 74.4 Å². The number of rotatable bonds is 10. The SMILES string of the molecule is O=C(O)CC(O)(CC(=O)OC(=O)CC(O)(CC(=O)O)C(=O)O)C(=O)O.[H-].[Na+].[Ti].[Ti]. The average molecular weight is 486 g/mol. The van der Waals surface area contributed by atoms with Gasteiger partial charge in [0.15, 0.2) is 11.2 Å². The number of ether oxygens (including phenoxy) is 1. The van der Waals surface area contributed by atoms with E-state index >= 15 is 0 Å². The van der Waals surface area contributed by atoms with Crippen molar-refractivity contribution < 1.29 is 139 Å². The molecule has 150 valence electrons. The zero-order valence-corrected chi connectivity index (χ0v) is 19.5. The summed E-state index contributed by atoms with van der Waals surface area (Å²) in [5.41, 5.74) is -6.18. The van der Waals surface area contributed by atoms with Gasteiger partial charge in [0.25, 0.3) is 0 Å². The molecule has 0 saturated carbocycles. The molecule has 13 nitrogen and oxygen atoms in total. The van der Waals surface area contributed by atoms with Gasteiger partial charge in [0.05, 0.1) is 25.7 Å². The maximum Gasteiger partial charge on any atom is 1.00 e. The van der Waals surface area contributed by atoms with Crippen molar-refractivity contribution in [1.82, 2.24) is 0 Å². The van der Waals surface area contributed by atoms with E-state index in [1.54, 1.807) is 0 Å². The minimum atomic E-state index is -3.09. The van der Waals surface area contributed by atoms with Gasteiger partial charge in [0.2, 0.25) is 0 Å². The first kappa shape index (κ1) is 34.8. The number of hydrogen-bond donors (Lipinski definition) is 6. The first-order valence-electron chi connectivity index (χ1n) is 6.30. The number of aliphatic carboxylic acids is 4. The summed E-state index contributed by atoms with van der Waals surface area (Å²) in [6.07, 6.45) is -5.73. The third-order valence-electron chi connectivity index (χ3n) is 2.78. The molecule has 6 N–H and O–H groups in total. The number of hydrogen-bond acceptors (Lipinski definition) is 9. The molecule has 0 rings (SSSR count). The molecule has 0 spiro atoms. The molecule has 0 amide bonds. The Morgan fingerprint density at radius 2 is 0.893 bits per heavy atom. The molecule has 28 heavy (non-hydrogen) atoms. The number of carboxylic acid groups (broad SMARTS) is 4. The third kappa shape index (κ3) is 12.0. The molecule has 0 saturated heterocycles. The zero-order valence-electron chi connectivity index (χ0n) is 15.4. The second kappa shape index (κ2) is 14.4. The first-order valence-corrected chi connectivity index (χ1v) is 6.30. The molecule has 0 aliphatic carbocycles. The quantitative estimate of drug-likeness (QED) is 0.0963. The molecule has 0 radical (unpaired) electrons. The summed E-state index contributed by atoms with van der Waals surface area (Å²) in [5, 5.41) is 53.6. The Bertz CT molecular complexity index is 579. The minimum absolute atomic E-state index is 0. The standard InChI is InChI=1S/C12H14O13.Na.2Ti.H/c13-5(14)1-11(23,9(19)20)3-7(17)25-8(18)4-12(24,10(21)22)2-6(15)16;;;;/h23-24H,1-4H2,(H,13,14)(H,15,16)(H,19,20)(H,21,22);;;;/q;+1;;;-1. The number of carboxylic acids is 4. The van der Waals surface area contributed by atoms with Gasteiger partial charge < -0.3 is 36.8 Å². The fourth-order valence-corrected chi connectivity index (χ4v) is 1.60. The van der Waals surface area contributed by atoms with Crippen LogP contribution in [0.25, 0.3) is 0 Å². The van der Waals surface area contributed by atoms with Gasteiger partial charge in [-0.05, 0) is 0 Å². The van der Waals surface area contributed by atoms with E-state index < -0.39 is 72.7 Å². The van der Waals surface area contributed by atoms with Crippen LogP contribution in [0.1, 0.15) is 27.1 Å². The van der Waals surface area contributed by atoms with Crippen LogP contribution in [0.4, 0.5) is 0 Å². The largest absolute Gasteiger partial charge is 1.00 e. The van der Waals surface area contributed by atoms with Crippen molar-refractivity contribution in [3.63, 3.8) is 0 Å². The van der Waals surface area contributed by atoms with Gasteiger partial charge in [0.1, 0.15) is 0 Å². The first-order chi connectivity index (χ1) is 11.2. The van der Waals surface area contributed by atoms with Gasteiger partial charge in [0, 0.05) is 43.4 Å². The van der Waals surface area contributed by atoms with Crippen molar-refractivity contribution in [2.75, 3.05) is 0 Å². The van der Waals surface area contributed by atoms with Gasteiger partial charge in [-0.25, -0.2) is 9.59 Å². The molecule has 2 unspecified atom stereocenters. The van der Waals surface area contributed by atoms with Crippen molar-refractivity contribution in [2.45, 2.75) is 36.9 Å². The smallest absolute Gasteiger partial charge is 1.00 e. The van der Waals surface area contributed by atoms with E-state index in [0.29, 0.717) is 0 Å². The van der Waals surface area contributed by atoms with Crippen LogP contribution in [0, 0.1) is 0 Å². The fourth-order valence-electron chi connectivity index (χ4n) is 1.60. The number of esters is 2. The summed E-state index contributed by atoms with van der Waals surface area (Å²) in [6, 6.07) is 0. The molecule has 0 aromatic heterocycles. The van der Waals surface area contributed by atoms with Crippen LogP contribution < -0.4 is 29.6 Å². The zero-order chi connectivity index (χ0) is 20.0. The van der Waals surface area contributed by atoms with Crippen LogP contribution in [0.2, 0.25) is 0 Å². The summed E-state index contributed by atoms with van der Waals surface area (Å²) in [4.78, 5) is 65.5. The maximum atomic E-state index is 11.4. The van der Waals surface area contributed by atoms with Gasteiger partial charge in [-0.2, -0.15) is 0 Å². The van der Waals surface area contributed by atoms with Gasteiger partial charge >= 0.3 is 65.4 Å². The Morgan fingerprint density at radius 1 is 0.643 bits per heavy atom. The van der Waals surface area contributed by atoms with E-state index in [2.05, 4.69) is 4.74 Å². The van der Waals surface area contributed by atoms with E-state index in [1.165, 1.54) is 0 Å². The minimum Gasteiger partial charge on any atom is -1.00 e. The van der Waals surface area contributed by atoms with Crippen molar-refractivity contribution in [3.8, 4) is 0 Å². The van der Waals surface area contributed by atoms with Crippen LogP contribution in [0.3, 0.4) is 0 Å². The maximum absolute atomic E-state index is 11.4. The molecule has 0 heterocycles. The van der Waals surface area contributed by atoms with Gasteiger partial charge in [-0.1, -0.05) is 0 Å². The van der Waals surface area contributed by atoms with Gasteiger partial charge in [-0.3, -0.25) is 19.2 Å². The molecule has 16 heteroatoms. The molecule has 0 aliphatic heterocycles. The fraction of sp³-hybridized carbons (Fsp3) is 0.500. The van der Waals surface area contributed by atoms with Crippen molar-refractivity contribution in [1.29, 1.82) is 0 Å². The molecule has 0 fully saturated rings. The number of aliphatic hydroxyl groups is 2. The predicted molar refractivity (Wildman–Crippen MR) is 71.1 cm³/mol. The molecule has 0 aliphatic rings. The topological polar surface area (TPSA) is 233 Å². The summed E-state index contributed by atoms with van der Waals surface area (Å²) in [6.45, 7) is 0. The second-order valence-electron chi connectivity index (χ2n) is 5.01. The normalized spacial score (nSPS) is 13.6. The molecule has 0 bridgehead atoms. The van der Waals surface area contributed by atoms with Crippen molar-refractivity contribution in [2.24, 2.45) is 0 Å². The van der Waals surface area contributed by atoms with Crippen LogP contribution in [0.5, 0.6) is 0 Å². The molecule has 0 aromatic rings. The molecule has 2 atom stereocenters. The van der Waals surface area contributed by atoms with E-state index in [9.17, 15) is 39.0 Å². The second-order valence-corrected chi connectivity index (χ2v) is 5.01. The Morgan fingerprint density at radius 3 is 1.07 bits per heavy atom. The molecule has 0 aromatic carbocycles. The van der Waals surface area contributed by atoms with Crippen LogP contribution in [0.15, 0.2) is 0 Å². The van der Waals surface area contributed by atoms with Crippen molar-refractivity contribution >= 4 is 35.8 Å². The van der Waals surface area contributed by atoms with Crippen LogP contribution in [-0.4, -0.2) is 77.7 Å². The van der Waals surface area contributed by atoms with Crippen LogP contribution in [-0.2, 0) is 76.9 Å². The van der Waals surface area contributed by atoms with E-state index in [4.69, 9.17) is 20.4 Å². The summed E-state index contributed by atoms with van der Waals surface area (Å²) < 4.78 is 3.99. The predicted octanol–water partition coefficient (Wildman–Crippen LogP) is -5.47. The monoisotopic (exact) mass is 486 g/mol. The number of carbonyl (C=O) groups is 6. The third-order valence-corrected chi connectivity index (χ3v) is 2.78. The van der Waals surface area contributed by atoms with Crippen LogP contribution >= 0.6 is 0 Å². The van der Waals surface area contributed by atoms with E-state index in [1.807, 2.05) is 0 Å². The number of carbonyl (C=O) groups excluding carboxylic acids is 2. The van der Waals surface area contributed by atoms with Gasteiger partial charge in [-0.15, -0.1) is 0 Å². The summed E-state index contributed by atoms with van der Waals surface area (Å²) in [7, 11) is 0. The Labute approximate surface area is 210 Å². The van der Waals surface area contributed by atoms with E-state index in [0.717, 1.165) is 0 Å². The summed E-state index contributed by atoms with van der Waals surface area (Å²) in [5.74, 6) is -11.2. The Kier molecular flexibility index (Phi) is 17.9. The Hall–Kier alpha value is -0.631. The Balaban J connectivity index is -0.000000480. The average Bonchev–Trinajstić information content (AvgIpc) is 2.34. The molecular weight excluding hydrogens is 471 g/mol. The molecular formula is C12H15NaO13Ti2. The summed E-state index contributed by atoms with van der Waals surface area (Å²) >= 11 is 0. The van der Waals surface area contributed by atoms with Crippen molar-refractivity contribution in [3.05, 3.63) is 0 Å².